The van der Waals surface area contributed by atoms with Crippen LogP contribution < -0.4 is 5.32 Å². The fraction of sp³-hybridized carbons (Fsp3) is 0.600. The third kappa shape index (κ3) is 8.66. The summed E-state index contributed by atoms with van der Waals surface area (Å²) in [6.45, 7) is 3.31. The van der Waals surface area contributed by atoms with E-state index in [0.29, 0.717) is 30.5 Å². The predicted molar refractivity (Wildman–Crippen MR) is 89.0 cm³/mol. The fourth-order valence-corrected chi connectivity index (χ4v) is 2.67. The largest absolute Gasteiger partial charge is 0.389 e. The maximum Gasteiger partial charge on any atom is 0.0897 e. The van der Waals surface area contributed by atoms with Crippen molar-refractivity contribution in [2.24, 2.45) is 0 Å². The van der Waals surface area contributed by atoms with Gasteiger partial charge in [0.05, 0.1) is 24.9 Å². The minimum absolute atomic E-state index is 0.250. The second-order valence-electron chi connectivity index (χ2n) is 5.36. The van der Waals surface area contributed by atoms with Crippen molar-refractivity contribution in [2.75, 3.05) is 31.7 Å². The monoisotopic (exact) mass is 333 g/mol. The molecule has 21 heavy (non-hydrogen) atoms. The van der Waals surface area contributed by atoms with Crippen LogP contribution in [0.1, 0.15) is 12.5 Å². The molecule has 0 fully saturated rings. The molecule has 2 atom stereocenters. The Hall–Kier alpha value is -0.300. The Balaban J connectivity index is 2.14. The summed E-state index contributed by atoms with van der Waals surface area (Å²) in [6.07, 6.45) is 1.36. The van der Waals surface area contributed by atoms with E-state index < -0.39 is 11.7 Å². The van der Waals surface area contributed by atoms with E-state index in [9.17, 15) is 10.2 Å². The van der Waals surface area contributed by atoms with Crippen molar-refractivity contribution >= 4 is 23.4 Å². The molecule has 0 radical (unpaired) electrons. The maximum absolute atomic E-state index is 9.97. The molecule has 0 spiro atoms. The molecule has 0 aliphatic heterocycles. The van der Waals surface area contributed by atoms with Crippen molar-refractivity contribution in [1.82, 2.24) is 5.32 Å². The average molecular weight is 334 g/mol. The molecule has 0 bridgehead atoms. The standard InChI is InChI=1S/C15H24ClNO3S/c1-15(19,11-21-2)10-17-7-14(18)9-20-8-12-3-5-13(16)6-4-12/h3-6,14,17-19H,7-11H2,1-2H3. The third-order valence-electron chi connectivity index (χ3n) is 2.83. The summed E-state index contributed by atoms with van der Waals surface area (Å²) in [4.78, 5) is 0. The summed E-state index contributed by atoms with van der Waals surface area (Å²) >= 11 is 7.39. The highest BCUT2D eigenvalue weighted by atomic mass is 35.5. The molecule has 0 aromatic heterocycles. The first-order valence-corrected chi connectivity index (χ1v) is 8.62. The summed E-state index contributed by atoms with van der Waals surface area (Å²) < 4.78 is 5.45. The highest BCUT2D eigenvalue weighted by molar-refractivity contribution is 7.98. The van der Waals surface area contributed by atoms with Gasteiger partial charge in [0.25, 0.3) is 0 Å². The third-order valence-corrected chi connectivity index (χ3v) is 4.00. The van der Waals surface area contributed by atoms with Crippen molar-refractivity contribution in [1.29, 1.82) is 0 Å². The number of hydrogen-bond acceptors (Lipinski definition) is 5. The first-order chi connectivity index (χ1) is 9.93. The zero-order valence-corrected chi connectivity index (χ0v) is 14.1. The second kappa shape index (κ2) is 9.66. The van der Waals surface area contributed by atoms with Crippen molar-refractivity contribution < 1.29 is 14.9 Å². The number of ether oxygens (including phenoxy) is 1. The first-order valence-electron chi connectivity index (χ1n) is 6.85. The lowest BCUT2D eigenvalue weighted by Gasteiger charge is -2.23. The van der Waals surface area contributed by atoms with E-state index in [0.717, 1.165) is 5.56 Å². The van der Waals surface area contributed by atoms with E-state index in [1.807, 2.05) is 30.5 Å². The Kier molecular flexibility index (Phi) is 8.63. The summed E-state index contributed by atoms with van der Waals surface area (Å²) in [6, 6.07) is 7.41. The Morgan fingerprint density at radius 1 is 1.38 bits per heavy atom. The minimum atomic E-state index is -0.761. The zero-order valence-electron chi connectivity index (χ0n) is 12.5. The van der Waals surface area contributed by atoms with Gasteiger partial charge in [-0.05, 0) is 30.9 Å². The zero-order chi connectivity index (χ0) is 15.7. The van der Waals surface area contributed by atoms with Crippen molar-refractivity contribution in [3.63, 3.8) is 0 Å². The topological polar surface area (TPSA) is 61.7 Å². The summed E-state index contributed by atoms with van der Waals surface area (Å²) in [5.41, 5.74) is 0.256. The van der Waals surface area contributed by atoms with Crippen LogP contribution in [0.25, 0.3) is 0 Å². The number of halogens is 1. The van der Waals surface area contributed by atoms with Gasteiger partial charge in [-0.25, -0.2) is 0 Å². The quantitative estimate of drug-likeness (QED) is 0.610. The normalized spacial score (nSPS) is 15.7. The van der Waals surface area contributed by atoms with Gasteiger partial charge in [0.1, 0.15) is 0 Å². The van der Waals surface area contributed by atoms with E-state index >= 15 is 0 Å². The molecule has 1 aromatic carbocycles. The highest BCUT2D eigenvalue weighted by Crippen LogP contribution is 2.10. The van der Waals surface area contributed by atoms with Gasteiger partial charge < -0.3 is 20.3 Å². The highest BCUT2D eigenvalue weighted by Gasteiger charge is 2.19. The van der Waals surface area contributed by atoms with E-state index in [4.69, 9.17) is 16.3 Å². The van der Waals surface area contributed by atoms with Crippen LogP contribution >= 0.6 is 23.4 Å². The SMILES string of the molecule is CSCC(C)(O)CNCC(O)COCc1ccc(Cl)cc1. The summed E-state index contributed by atoms with van der Waals surface area (Å²) in [7, 11) is 0. The van der Waals surface area contributed by atoms with Crippen LogP contribution in [-0.2, 0) is 11.3 Å². The van der Waals surface area contributed by atoms with Gasteiger partial charge in [0.15, 0.2) is 0 Å². The smallest absolute Gasteiger partial charge is 0.0897 e. The number of nitrogens with one attached hydrogen (secondary N) is 1. The molecule has 3 N–H and O–H groups in total. The Morgan fingerprint density at radius 3 is 2.67 bits per heavy atom. The molecule has 0 saturated heterocycles. The summed E-state index contributed by atoms with van der Waals surface area (Å²) in [5.74, 6) is 0.656. The fourth-order valence-electron chi connectivity index (χ4n) is 1.82. The second-order valence-corrected chi connectivity index (χ2v) is 6.66. The Labute approximate surface area is 135 Å². The number of aliphatic hydroxyl groups excluding tert-OH is 1. The van der Waals surface area contributed by atoms with Gasteiger partial charge in [0, 0.05) is 23.9 Å². The molecule has 4 nitrogen and oxygen atoms in total. The number of rotatable bonds is 10. The van der Waals surface area contributed by atoms with Crippen LogP contribution in [0.15, 0.2) is 24.3 Å². The van der Waals surface area contributed by atoms with Crippen LogP contribution in [0.5, 0.6) is 0 Å². The van der Waals surface area contributed by atoms with Crippen LogP contribution in [0.2, 0.25) is 5.02 Å². The molecule has 120 valence electrons. The molecule has 0 heterocycles. The van der Waals surface area contributed by atoms with Crippen LogP contribution in [0, 0.1) is 0 Å². The molecule has 0 saturated carbocycles. The molecule has 0 aliphatic carbocycles. The Bertz CT molecular complexity index is 400. The lowest BCUT2D eigenvalue weighted by atomic mass is 10.1. The molecular formula is C15H24ClNO3S. The van der Waals surface area contributed by atoms with Gasteiger partial charge in [-0.1, -0.05) is 23.7 Å². The van der Waals surface area contributed by atoms with Crippen LogP contribution in [0.3, 0.4) is 0 Å². The maximum atomic E-state index is 9.97. The predicted octanol–water partition coefficient (Wildman–Crippen LogP) is 1.92. The van der Waals surface area contributed by atoms with Gasteiger partial charge in [-0.15, -0.1) is 0 Å². The number of thioether (sulfide) groups is 1. The van der Waals surface area contributed by atoms with E-state index in [1.54, 1.807) is 18.7 Å². The molecule has 2 unspecified atom stereocenters. The molecule has 0 aliphatic rings. The molecular weight excluding hydrogens is 310 g/mol. The minimum Gasteiger partial charge on any atom is -0.389 e. The molecule has 1 aromatic rings. The number of aliphatic hydroxyl groups is 2. The molecule has 1 rings (SSSR count). The lowest BCUT2D eigenvalue weighted by Crippen LogP contribution is -2.43. The van der Waals surface area contributed by atoms with Gasteiger partial charge in [0.2, 0.25) is 0 Å². The van der Waals surface area contributed by atoms with Crippen LogP contribution in [-0.4, -0.2) is 53.6 Å². The first kappa shape index (κ1) is 18.7. The average Bonchev–Trinajstić information content (AvgIpc) is 2.40. The number of benzene rings is 1. The molecule has 0 amide bonds. The van der Waals surface area contributed by atoms with Crippen molar-refractivity contribution in [3.05, 3.63) is 34.9 Å². The van der Waals surface area contributed by atoms with E-state index in [1.165, 1.54) is 0 Å². The van der Waals surface area contributed by atoms with Gasteiger partial charge >= 0.3 is 0 Å². The van der Waals surface area contributed by atoms with E-state index in [-0.39, 0.29) is 6.61 Å². The lowest BCUT2D eigenvalue weighted by molar-refractivity contribution is 0.0239. The van der Waals surface area contributed by atoms with Crippen molar-refractivity contribution in [2.45, 2.75) is 25.2 Å². The van der Waals surface area contributed by atoms with Gasteiger partial charge in [-0.2, -0.15) is 11.8 Å². The van der Waals surface area contributed by atoms with Crippen molar-refractivity contribution in [3.8, 4) is 0 Å². The van der Waals surface area contributed by atoms with Crippen LogP contribution in [0.4, 0.5) is 0 Å². The van der Waals surface area contributed by atoms with Gasteiger partial charge in [-0.3, -0.25) is 0 Å². The molecule has 6 heteroatoms. The Morgan fingerprint density at radius 2 is 2.05 bits per heavy atom. The number of hydrogen-bond donors (Lipinski definition) is 3. The summed E-state index contributed by atoms with van der Waals surface area (Å²) in [5, 5.41) is 23.5. The van der Waals surface area contributed by atoms with E-state index in [2.05, 4.69) is 5.32 Å².